The van der Waals surface area contributed by atoms with Crippen molar-refractivity contribution in [2.45, 2.75) is 50.3 Å². The lowest BCUT2D eigenvalue weighted by Crippen LogP contribution is -2.44. The lowest BCUT2D eigenvalue weighted by atomic mass is 9.83. The molecule has 1 aromatic heterocycles. The fraction of sp³-hybridized carbons (Fsp3) is 0.800. The van der Waals surface area contributed by atoms with Gasteiger partial charge in [-0.05, 0) is 18.8 Å². The van der Waals surface area contributed by atoms with Crippen LogP contribution in [0.25, 0.3) is 0 Å². The maximum atomic E-state index is 11.9. The van der Waals surface area contributed by atoms with Crippen molar-refractivity contribution in [2.24, 2.45) is 5.92 Å². The zero-order valence-corrected chi connectivity index (χ0v) is 13.8. The third-order valence-corrected chi connectivity index (χ3v) is 6.64. The summed E-state index contributed by atoms with van der Waals surface area (Å²) in [5.74, 6) is 1.67. The van der Waals surface area contributed by atoms with E-state index in [-0.39, 0.29) is 29.7 Å². The number of nitrogens with zero attached hydrogens (tertiary/aromatic N) is 1. The van der Waals surface area contributed by atoms with Crippen LogP contribution in [0.2, 0.25) is 0 Å². The number of nitrogens with one attached hydrogen (secondary N) is 2. The Balaban J connectivity index is 1.78. The predicted octanol–water partition coefficient (Wildman–Crippen LogP) is 1.43. The van der Waals surface area contributed by atoms with Crippen molar-refractivity contribution in [3.63, 3.8) is 0 Å². The second kappa shape index (κ2) is 6.68. The van der Waals surface area contributed by atoms with E-state index in [9.17, 15) is 8.42 Å². The number of sulfone groups is 1. The van der Waals surface area contributed by atoms with Gasteiger partial charge in [0.15, 0.2) is 9.84 Å². The lowest BCUT2D eigenvalue weighted by molar-refractivity contribution is 0.0878. The number of aromatic nitrogens is 2. The molecule has 7 heteroatoms. The van der Waals surface area contributed by atoms with E-state index in [4.69, 9.17) is 4.74 Å². The molecule has 3 atom stereocenters. The summed E-state index contributed by atoms with van der Waals surface area (Å²) in [5.41, 5.74) is 0. The summed E-state index contributed by atoms with van der Waals surface area (Å²) in [6.45, 7) is 0. The number of H-pyrrole nitrogens is 1. The largest absolute Gasteiger partial charge is 0.379 e. The van der Waals surface area contributed by atoms with Crippen LogP contribution >= 0.6 is 0 Å². The Hall–Kier alpha value is -0.920. The zero-order valence-electron chi connectivity index (χ0n) is 13.0. The van der Waals surface area contributed by atoms with Crippen LogP contribution in [0.5, 0.6) is 0 Å². The van der Waals surface area contributed by atoms with Crippen LogP contribution < -0.4 is 5.32 Å². The molecule has 0 spiro atoms. The number of rotatable bonds is 5. The molecule has 1 saturated heterocycles. The molecule has 6 nitrogen and oxygen atoms in total. The summed E-state index contributed by atoms with van der Waals surface area (Å²) in [6, 6.07) is -0.0849. The highest BCUT2D eigenvalue weighted by molar-refractivity contribution is 7.91. The quantitative estimate of drug-likeness (QED) is 0.855. The van der Waals surface area contributed by atoms with Crippen LogP contribution in [0.1, 0.15) is 44.0 Å². The van der Waals surface area contributed by atoms with Gasteiger partial charge in [-0.1, -0.05) is 19.3 Å². The summed E-state index contributed by atoms with van der Waals surface area (Å²) < 4.78 is 29.2. The molecule has 2 aliphatic rings. The van der Waals surface area contributed by atoms with E-state index < -0.39 is 9.84 Å². The second-order valence-corrected chi connectivity index (χ2v) is 8.63. The highest BCUT2D eigenvalue weighted by atomic mass is 32.2. The van der Waals surface area contributed by atoms with Crippen LogP contribution in [0.15, 0.2) is 12.4 Å². The number of aromatic amines is 1. The van der Waals surface area contributed by atoms with Gasteiger partial charge < -0.3 is 15.0 Å². The molecular weight excluding hydrogens is 302 g/mol. The molecule has 1 aliphatic heterocycles. The van der Waals surface area contributed by atoms with Crippen molar-refractivity contribution >= 4 is 9.84 Å². The van der Waals surface area contributed by atoms with E-state index in [1.807, 2.05) is 6.20 Å². The Labute approximate surface area is 132 Å². The van der Waals surface area contributed by atoms with E-state index >= 15 is 0 Å². The van der Waals surface area contributed by atoms with Crippen LogP contribution in [0.4, 0.5) is 0 Å². The molecule has 2 N–H and O–H groups in total. The Morgan fingerprint density at radius 3 is 2.73 bits per heavy atom. The summed E-state index contributed by atoms with van der Waals surface area (Å²) in [7, 11) is -1.43. The predicted molar refractivity (Wildman–Crippen MR) is 84.3 cm³/mol. The molecule has 1 saturated carbocycles. The first-order valence-corrected chi connectivity index (χ1v) is 9.90. The maximum Gasteiger partial charge on any atom is 0.154 e. The molecule has 0 radical (unpaired) electrons. The third kappa shape index (κ3) is 3.52. The number of hydrogen-bond donors (Lipinski definition) is 2. The molecule has 0 bridgehead atoms. The van der Waals surface area contributed by atoms with Crippen LogP contribution in [-0.2, 0) is 14.6 Å². The first-order chi connectivity index (χ1) is 10.6. The smallest absolute Gasteiger partial charge is 0.154 e. The number of methoxy groups -OCH3 is 1. The van der Waals surface area contributed by atoms with Crippen molar-refractivity contribution in [1.29, 1.82) is 0 Å². The minimum absolute atomic E-state index is 0.0752. The SMILES string of the molecule is COC1CS(=O)(=O)CC1NC(c1ncc[nH]1)C1CCCCC1. The zero-order chi connectivity index (χ0) is 15.6. The third-order valence-electron chi connectivity index (χ3n) is 4.93. The van der Waals surface area contributed by atoms with Crippen molar-refractivity contribution < 1.29 is 13.2 Å². The first-order valence-electron chi connectivity index (χ1n) is 8.07. The number of ether oxygens (including phenoxy) is 1. The van der Waals surface area contributed by atoms with Crippen LogP contribution in [-0.4, -0.2) is 49.1 Å². The average molecular weight is 327 g/mol. The fourth-order valence-electron chi connectivity index (χ4n) is 3.79. The summed E-state index contributed by atoms with van der Waals surface area (Å²) in [6.07, 6.45) is 9.40. The summed E-state index contributed by atoms with van der Waals surface area (Å²) in [5, 5.41) is 3.55. The van der Waals surface area contributed by atoms with Crippen molar-refractivity contribution in [3.05, 3.63) is 18.2 Å². The monoisotopic (exact) mass is 327 g/mol. The second-order valence-electron chi connectivity index (χ2n) is 6.47. The molecule has 0 aromatic carbocycles. The molecule has 0 amide bonds. The van der Waals surface area contributed by atoms with Gasteiger partial charge in [0, 0.05) is 25.5 Å². The molecule has 22 heavy (non-hydrogen) atoms. The summed E-state index contributed by atoms with van der Waals surface area (Å²) >= 11 is 0. The van der Waals surface area contributed by atoms with E-state index in [0.29, 0.717) is 5.92 Å². The Morgan fingerprint density at radius 1 is 1.32 bits per heavy atom. The van der Waals surface area contributed by atoms with Crippen LogP contribution in [0.3, 0.4) is 0 Å². The highest BCUT2D eigenvalue weighted by Gasteiger charge is 2.40. The molecule has 1 aliphatic carbocycles. The van der Waals surface area contributed by atoms with E-state index in [2.05, 4.69) is 15.3 Å². The topological polar surface area (TPSA) is 84.1 Å². The van der Waals surface area contributed by atoms with Gasteiger partial charge in [0.25, 0.3) is 0 Å². The molecular formula is C15H25N3O3S. The standard InChI is InChI=1S/C15H25N3O3S/c1-21-13-10-22(19,20)9-12(13)18-14(15-16-7-8-17-15)11-5-3-2-4-6-11/h7-8,11-14,18H,2-6,9-10H2,1H3,(H,16,17). The lowest BCUT2D eigenvalue weighted by Gasteiger charge is -2.33. The normalized spacial score (nSPS) is 30.4. The van der Waals surface area contributed by atoms with Crippen LogP contribution in [0, 0.1) is 5.92 Å². The maximum absolute atomic E-state index is 11.9. The van der Waals surface area contributed by atoms with Gasteiger partial charge in [-0.3, -0.25) is 0 Å². The average Bonchev–Trinajstić information content (AvgIpc) is 3.13. The number of imidazole rings is 1. The van der Waals surface area contributed by atoms with Crippen molar-refractivity contribution in [2.75, 3.05) is 18.6 Å². The first kappa shape index (κ1) is 16.0. The van der Waals surface area contributed by atoms with Gasteiger partial charge in [-0.25, -0.2) is 13.4 Å². The Bertz CT molecular complexity index is 567. The molecule has 2 heterocycles. The van der Waals surface area contributed by atoms with E-state index in [1.54, 1.807) is 13.3 Å². The highest BCUT2D eigenvalue weighted by Crippen LogP contribution is 2.34. The number of hydrogen-bond acceptors (Lipinski definition) is 5. The van der Waals surface area contributed by atoms with E-state index in [0.717, 1.165) is 18.7 Å². The van der Waals surface area contributed by atoms with Gasteiger partial charge >= 0.3 is 0 Å². The van der Waals surface area contributed by atoms with Crippen molar-refractivity contribution in [3.8, 4) is 0 Å². The molecule has 2 fully saturated rings. The summed E-state index contributed by atoms with van der Waals surface area (Å²) in [4.78, 5) is 7.61. The van der Waals surface area contributed by atoms with Gasteiger partial charge in [-0.2, -0.15) is 0 Å². The minimum Gasteiger partial charge on any atom is -0.379 e. The molecule has 124 valence electrons. The molecule has 3 rings (SSSR count). The van der Waals surface area contributed by atoms with E-state index in [1.165, 1.54) is 19.3 Å². The Morgan fingerprint density at radius 2 is 2.09 bits per heavy atom. The van der Waals surface area contributed by atoms with Gasteiger partial charge in [-0.15, -0.1) is 0 Å². The van der Waals surface area contributed by atoms with Gasteiger partial charge in [0.05, 0.1) is 23.7 Å². The molecule has 1 aromatic rings. The van der Waals surface area contributed by atoms with Crippen molar-refractivity contribution in [1.82, 2.24) is 15.3 Å². The van der Waals surface area contributed by atoms with Gasteiger partial charge in [0.1, 0.15) is 5.82 Å². The fourth-order valence-corrected chi connectivity index (χ4v) is 5.65. The van der Waals surface area contributed by atoms with Gasteiger partial charge in [0.2, 0.25) is 0 Å². The Kier molecular flexibility index (Phi) is 4.84. The molecule has 3 unspecified atom stereocenters. The minimum atomic E-state index is -3.02.